The lowest BCUT2D eigenvalue weighted by molar-refractivity contribution is 1.46. The predicted octanol–water partition coefficient (Wildman–Crippen LogP) is 4.42. The van der Waals surface area contributed by atoms with Gasteiger partial charge in [-0.25, -0.2) is 0 Å². The average Bonchev–Trinajstić information content (AvgIpc) is 2.38. The van der Waals surface area contributed by atoms with E-state index in [2.05, 4.69) is 67.2 Å². The van der Waals surface area contributed by atoms with Crippen molar-refractivity contribution in [2.75, 3.05) is 0 Å². The minimum absolute atomic E-state index is 0.791. The fraction of sp³-hybridized carbons (Fsp3) is 0.0667. The van der Waals surface area contributed by atoms with Crippen molar-refractivity contribution in [3.63, 3.8) is 0 Å². The lowest BCUT2D eigenvalue weighted by atomic mass is 10.0. The van der Waals surface area contributed by atoms with E-state index in [1.807, 2.05) is 0 Å². The van der Waals surface area contributed by atoms with Crippen molar-refractivity contribution in [1.29, 1.82) is 0 Å². The first-order valence-corrected chi connectivity index (χ1v) is 6.03. The van der Waals surface area contributed by atoms with Crippen molar-refractivity contribution in [2.45, 2.75) is 5.75 Å². The van der Waals surface area contributed by atoms with E-state index in [1.54, 1.807) is 0 Å². The maximum atomic E-state index is 4.33. The van der Waals surface area contributed by atoms with E-state index in [0.717, 1.165) is 5.75 Å². The second-order valence-corrected chi connectivity index (χ2v) is 4.32. The Kier molecular flexibility index (Phi) is 2.33. The Morgan fingerprint density at radius 3 is 2.25 bits per heavy atom. The van der Waals surface area contributed by atoms with Crippen LogP contribution in [-0.4, -0.2) is 0 Å². The molecule has 0 atom stereocenters. The smallest absolute Gasteiger partial charge is 0.0154 e. The number of thiol groups is 1. The Labute approximate surface area is 100 Å². The fourth-order valence-electron chi connectivity index (χ4n) is 2.15. The molecule has 0 bridgehead atoms. The molecule has 0 saturated heterocycles. The number of hydrogen-bond acceptors (Lipinski definition) is 1. The van der Waals surface area contributed by atoms with E-state index in [9.17, 15) is 0 Å². The van der Waals surface area contributed by atoms with Crippen molar-refractivity contribution >= 4 is 34.2 Å². The average molecular weight is 224 g/mol. The molecular weight excluding hydrogens is 212 g/mol. The molecule has 3 aromatic rings. The molecule has 0 saturated carbocycles. The van der Waals surface area contributed by atoms with Gasteiger partial charge in [0.15, 0.2) is 0 Å². The zero-order valence-electron chi connectivity index (χ0n) is 8.85. The third-order valence-electron chi connectivity index (χ3n) is 2.99. The zero-order valence-corrected chi connectivity index (χ0v) is 9.74. The number of hydrogen-bond donors (Lipinski definition) is 1. The van der Waals surface area contributed by atoms with Gasteiger partial charge < -0.3 is 0 Å². The van der Waals surface area contributed by atoms with E-state index >= 15 is 0 Å². The Bertz CT molecular complexity index is 656. The van der Waals surface area contributed by atoms with E-state index < -0.39 is 0 Å². The van der Waals surface area contributed by atoms with E-state index in [0.29, 0.717) is 0 Å². The Morgan fingerprint density at radius 1 is 0.750 bits per heavy atom. The van der Waals surface area contributed by atoms with Crippen molar-refractivity contribution in [1.82, 2.24) is 0 Å². The predicted molar refractivity (Wildman–Crippen MR) is 74.1 cm³/mol. The maximum Gasteiger partial charge on any atom is 0.0154 e. The molecule has 0 amide bonds. The summed E-state index contributed by atoms with van der Waals surface area (Å²) < 4.78 is 0. The van der Waals surface area contributed by atoms with Crippen LogP contribution in [0.5, 0.6) is 0 Å². The first kappa shape index (κ1) is 9.73. The van der Waals surface area contributed by atoms with Gasteiger partial charge in [0.2, 0.25) is 0 Å². The standard InChI is InChI=1S/C15H12S/c16-10-11-5-6-13-8-7-12-3-1-2-4-14(12)15(13)9-11/h1-9,16H,10H2. The Hall–Kier alpha value is -1.47. The van der Waals surface area contributed by atoms with Crippen LogP contribution < -0.4 is 0 Å². The minimum Gasteiger partial charge on any atom is -0.175 e. The van der Waals surface area contributed by atoms with Gasteiger partial charge in [-0.3, -0.25) is 0 Å². The summed E-state index contributed by atoms with van der Waals surface area (Å²) in [4.78, 5) is 0. The number of rotatable bonds is 1. The Morgan fingerprint density at radius 2 is 1.44 bits per heavy atom. The minimum atomic E-state index is 0.791. The molecule has 3 aromatic carbocycles. The van der Waals surface area contributed by atoms with Crippen LogP contribution in [0.25, 0.3) is 21.5 Å². The van der Waals surface area contributed by atoms with Crippen LogP contribution in [0.15, 0.2) is 54.6 Å². The second kappa shape index (κ2) is 3.84. The molecular formula is C15H12S. The number of benzene rings is 3. The summed E-state index contributed by atoms with van der Waals surface area (Å²) in [5.41, 5.74) is 1.27. The third-order valence-corrected chi connectivity index (χ3v) is 3.36. The molecule has 0 aliphatic rings. The lowest BCUT2D eigenvalue weighted by Gasteiger charge is -2.05. The van der Waals surface area contributed by atoms with Crippen LogP contribution in [0.3, 0.4) is 0 Å². The normalized spacial score (nSPS) is 11.1. The van der Waals surface area contributed by atoms with Gasteiger partial charge in [-0.1, -0.05) is 48.5 Å². The zero-order chi connectivity index (χ0) is 11.0. The maximum absolute atomic E-state index is 4.33. The van der Waals surface area contributed by atoms with E-state index in [4.69, 9.17) is 0 Å². The summed E-state index contributed by atoms with van der Waals surface area (Å²) in [6, 6.07) is 19.4. The molecule has 0 unspecified atom stereocenters. The molecule has 0 heterocycles. The molecule has 78 valence electrons. The van der Waals surface area contributed by atoms with Gasteiger partial charge in [0.25, 0.3) is 0 Å². The van der Waals surface area contributed by atoms with Gasteiger partial charge in [-0.05, 0) is 33.2 Å². The summed E-state index contributed by atoms with van der Waals surface area (Å²) >= 11 is 4.33. The van der Waals surface area contributed by atoms with Crippen LogP contribution >= 0.6 is 12.6 Å². The molecule has 3 rings (SSSR count). The van der Waals surface area contributed by atoms with Crippen LogP contribution in [0.4, 0.5) is 0 Å². The molecule has 0 aromatic heterocycles. The van der Waals surface area contributed by atoms with Crippen molar-refractivity contribution < 1.29 is 0 Å². The van der Waals surface area contributed by atoms with Crippen molar-refractivity contribution in [3.05, 3.63) is 60.2 Å². The summed E-state index contributed by atoms with van der Waals surface area (Å²) in [5, 5.41) is 5.24. The molecule has 0 N–H and O–H groups in total. The van der Waals surface area contributed by atoms with E-state index in [-0.39, 0.29) is 0 Å². The molecule has 0 nitrogen and oxygen atoms in total. The van der Waals surface area contributed by atoms with Crippen molar-refractivity contribution in [2.24, 2.45) is 0 Å². The highest BCUT2D eigenvalue weighted by Gasteiger charge is 2.00. The highest BCUT2D eigenvalue weighted by molar-refractivity contribution is 7.79. The number of fused-ring (bicyclic) bond motifs is 3. The van der Waals surface area contributed by atoms with Crippen molar-refractivity contribution in [3.8, 4) is 0 Å². The van der Waals surface area contributed by atoms with Gasteiger partial charge in [-0.2, -0.15) is 12.6 Å². The molecule has 0 spiro atoms. The van der Waals surface area contributed by atoms with Gasteiger partial charge in [-0.15, -0.1) is 0 Å². The highest BCUT2D eigenvalue weighted by Crippen LogP contribution is 2.26. The van der Waals surface area contributed by atoms with Crippen LogP contribution in [-0.2, 0) is 5.75 Å². The van der Waals surface area contributed by atoms with E-state index in [1.165, 1.54) is 27.1 Å². The topological polar surface area (TPSA) is 0 Å². The molecule has 0 fully saturated rings. The van der Waals surface area contributed by atoms with Gasteiger partial charge in [0.05, 0.1) is 0 Å². The molecule has 1 heteroatoms. The summed E-state index contributed by atoms with van der Waals surface area (Å²) in [6.07, 6.45) is 0. The lowest BCUT2D eigenvalue weighted by Crippen LogP contribution is -1.81. The van der Waals surface area contributed by atoms with Crippen LogP contribution in [0.2, 0.25) is 0 Å². The third kappa shape index (κ3) is 1.48. The van der Waals surface area contributed by atoms with Crippen LogP contribution in [0.1, 0.15) is 5.56 Å². The quantitative estimate of drug-likeness (QED) is 0.459. The monoisotopic (exact) mass is 224 g/mol. The molecule has 0 aliphatic carbocycles. The first-order valence-electron chi connectivity index (χ1n) is 5.40. The SMILES string of the molecule is SCc1ccc2ccc3ccccc3c2c1. The second-order valence-electron chi connectivity index (χ2n) is 4.00. The summed E-state index contributed by atoms with van der Waals surface area (Å²) in [6.45, 7) is 0. The molecule has 0 aliphatic heterocycles. The summed E-state index contributed by atoms with van der Waals surface area (Å²) in [5.74, 6) is 0.791. The fourth-order valence-corrected chi connectivity index (χ4v) is 2.34. The van der Waals surface area contributed by atoms with Crippen LogP contribution in [0, 0.1) is 0 Å². The van der Waals surface area contributed by atoms with Gasteiger partial charge >= 0.3 is 0 Å². The highest BCUT2D eigenvalue weighted by atomic mass is 32.1. The first-order chi connectivity index (χ1) is 7.88. The summed E-state index contributed by atoms with van der Waals surface area (Å²) in [7, 11) is 0. The van der Waals surface area contributed by atoms with Gasteiger partial charge in [0.1, 0.15) is 0 Å². The van der Waals surface area contributed by atoms with Gasteiger partial charge in [0, 0.05) is 5.75 Å². The molecule has 16 heavy (non-hydrogen) atoms. The largest absolute Gasteiger partial charge is 0.175 e. The Balaban J connectivity index is 2.47. The molecule has 0 radical (unpaired) electrons.